The summed E-state index contributed by atoms with van der Waals surface area (Å²) in [5.41, 5.74) is 7.14. The lowest BCUT2D eigenvalue weighted by atomic mass is 9.68. The Bertz CT molecular complexity index is 423. The van der Waals surface area contributed by atoms with E-state index in [-0.39, 0.29) is 17.6 Å². The average Bonchev–Trinajstić information content (AvgIpc) is 2.83. The maximum atomic E-state index is 10.4. The van der Waals surface area contributed by atoms with Crippen LogP contribution in [0.25, 0.3) is 0 Å². The van der Waals surface area contributed by atoms with Gasteiger partial charge in [0.25, 0.3) is 0 Å². The van der Waals surface area contributed by atoms with Crippen LogP contribution < -0.4 is 10.5 Å². The van der Waals surface area contributed by atoms with E-state index in [1.807, 2.05) is 12.1 Å². The minimum atomic E-state index is -0.265. The number of ether oxygens (including phenoxy) is 1. The second kappa shape index (κ2) is 5.14. The van der Waals surface area contributed by atoms with Crippen molar-refractivity contribution in [1.29, 1.82) is 0 Å². The quantitative estimate of drug-likeness (QED) is 0.877. The molecule has 0 bridgehead atoms. The molecule has 104 valence electrons. The summed E-state index contributed by atoms with van der Waals surface area (Å²) in [4.78, 5) is 0. The lowest BCUT2D eigenvalue weighted by molar-refractivity contribution is -0.0307. The number of para-hydroxylation sites is 1. The molecule has 3 heteroatoms. The normalized spacial score (nSPS) is 33.8. The number of fused-ring (bicyclic) bond motifs is 1. The van der Waals surface area contributed by atoms with E-state index in [1.165, 1.54) is 12.0 Å². The van der Waals surface area contributed by atoms with Gasteiger partial charge in [-0.2, -0.15) is 0 Å². The molecule has 3 N–H and O–H groups in total. The van der Waals surface area contributed by atoms with Crippen molar-refractivity contribution < 1.29 is 9.84 Å². The molecule has 3 nitrogen and oxygen atoms in total. The predicted octanol–water partition coefficient (Wildman–Crippen LogP) is 2.26. The zero-order chi connectivity index (χ0) is 13.3. The van der Waals surface area contributed by atoms with E-state index in [0.717, 1.165) is 37.9 Å². The summed E-state index contributed by atoms with van der Waals surface area (Å²) in [6.45, 7) is 0.560. The zero-order valence-corrected chi connectivity index (χ0v) is 11.3. The van der Waals surface area contributed by atoms with E-state index in [9.17, 15) is 5.11 Å². The zero-order valence-electron chi connectivity index (χ0n) is 11.3. The summed E-state index contributed by atoms with van der Waals surface area (Å²) in [6.07, 6.45) is 5.94. The van der Waals surface area contributed by atoms with Gasteiger partial charge in [0.05, 0.1) is 6.10 Å². The highest BCUT2D eigenvalue weighted by molar-refractivity contribution is 5.37. The molecule has 19 heavy (non-hydrogen) atoms. The van der Waals surface area contributed by atoms with Gasteiger partial charge in [-0.25, -0.2) is 0 Å². The molecule has 0 amide bonds. The molecule has 1 aliphatic carbocycles. The van der Waals surface area contributed by atoms with Gasteiger partial charge in [0, 0.05) is 18.4 Å². The van der Waals surface area contributed by atoms with Gasteiger partial charge in [-0.15, -0.1) is 0 Å². The largest absolute Gasteiger partial charge is 0.490 e. The van der Waals surface area contributed by atoms with Crippen molar-refractivity contribution in [2.24, 2.45) is 11.1 Å². The second-order valence-electron chi connectivity index (χ2n) is 6.08. The summed E-state index contributed by atoms with van der Waals surface area (Å²) in [7, 11) is 0. The maximum Gasteiger partial charge on any atom is 0.123 e. The van der Waals surface area contributed by atoms with Crippen molar-refractivity contribution >= 4 is 0 Å². The SMILES string of the molecule is NCC1(CC2Cc3ccccc3O2)CCCCC1O. The second-order valence-corrected chi connectivity index (χ2v) is 6.08. The Labute approximate surface area is 114 Å². The fourth-order valence-corrected chi connectivity index (χ4v) is 3.67. The van der Waals surface area contributed by atoms with Gasteiger partial charge in [0.15, 0.2) is 0 Å². The van der Waals surface area contributed by atoms with Crippen molar-refractivity contribution in [3.63, 3.8) is 0 Å². The summed E-state index contributed by atoms with van der Waals surface area (Å²) in [6, 6.07) is 8.22. The minimum Gasteiger partial charge on any atom is -0.490 e. The Morgan fingerprint density at radius 3 is 2.89 bits per heavy atom. The average molecular weight is 261 g/mol. The third kappa shape index (κ3) is 2.37. The van der Waals surface area contributed by atoms with Crippen LogP contribution in [0.3, 0.4) is 0 Å². The van der Waals surface area contributed by atoms with Crippen LogP contribution in [0.1, 0.15) is 37.7 Å². The summed E-state index contributed by atoms with van der Waals surface area (Å²) in [5, 5.41) is 10.4. The molecule has 3 atom stereocenters. The third-order valence-electron chi connectivity index (χ3n) is 4.86. The van der Waals surface area contributed by atoms with Gasteiger partial charge in [-0.1, -0.05) is 31.0 Å². The van der Waals surface area contributed by atoms with Gasteiger partial charge in [-0.05, 0) is 30.9 Å². The molecule has 0 saturated heterocycles. The van der Waals surface area contributed by atoms with Crippen LogP contribution >= 0.6 is 0 Å². The number of hydrogen-bond acceptors (Lipinski definition) is 3. The number of nitrogens with two attached hydrogens (primary N) is 1. The molecule has 0 spiro atoms. The van der Waals surface area contributed by atoms with Crippen molar-refractivity contribution in [2.45, 2.75) is 50.7 Å². The maximum absolute atomic E-state index is 10.4. The Balaban J connectivity index is 1.71. The van der Waals surface area contributed by atoms with E-state index in [4.69, 9.17) is 10.5 Å². The Hall–Kier alpha value is -1.06. The molecule has 1 aliphatic heterocycles. The van der Waals surface area contributed by atoms with Crippen LogP contribution in [-0.4, -0.2) is 23.9 Å². The van der Waals surface area contributed by atoms with E-state index in [2.05, 4.69) is 12.1 Å². The Morgan fingerprint density at radius 1 is 1.32 bits per heavy atom. The van der Waals surface area contributed by atoms with E-state index in [1.54, 1.807) is 0 Å². The molecule has 0 aromatic heterocycles. The molecule has 3 rings (SSSR count). The Morgan fingerprint density at radius 2 is 2.16 bits per heavy atom. The van der Waals surface area contributed by atoms with Crippen LogP contribution in [0, 0.1) is 5.41 Å². The van der Waals surface area contributed by atoms with Crippen molar-refractivity contribution in [3.8, 4) is 5.75 Å². The molecule has 1 aromatic carbocycles. The first-order chi connectivity index (χ1) is 9.23. The summed E-state index contributed by atoms with van der Waals surface area (Å²) in [5.74, 6) is 1.00. The molecular formula is C16H23NO2. The summed E-state index contributed by atoms with van der Waals surface area (Å²) >= 11 is 0. The molecule has 1 saturated carbocycles. The van der Waals surface area contributed by atoms with E-state index < -0.39 is 0 Å². The first kappa shape index (κ1) is 12.9. The van der Waals surface area contributed by atoms with Gasteiger partial charge in [0.1, 0.15) is 11.9 Å². The molecule has 0 radical (unpaired) electrons. The van der Waals surface area contributed by atoms with Crippen LogP contribution in [0.5, 0.6) is 5.75 Å². The summed E-state index contributed by atoms with van der Waals surface area (Å²) < 4.78 is 6.02. The lowest BCUT2D eigenvalue weighted by Gasteiger charge is -2.42. The van der Waals surface area contributed by atoms with Gasteiger partial charge >= 0.3 is 0 Å². The van der Waals surface area contributed by atoms with Crippen molar-refractivity contribution in [3.05, 3.63) is 29.8 Å². The molecule has 3 unspecified atom stereocenters. The molecule has 1 heterocycles. The van der Waals surface area contributed by atoms with Crippen LogP contribution in [0.2, 0.25) is 0 Å². The fourth-order valence-electron chi connectivity index (χ4n) is 3.67. The third-order valence-corrected chi connectivity index (χ3v) is 4.86. The first-order valence-electron chi connectivity index (χ1n) is 7.36. The highest BCUT2D eigenvalue weighted by Gasteiger charge is 2.42. The monoisotopic (exact) mass is 261 g/mol. The van der Waals surface area contributed by atoms with Crippen molar-refractivity contribution in [1.82, 2.24) is 0 Å². The standard InChI is InChI=1S/C16H23NO2/c17-11-16(8-4-3-7-15(16)18)10-13-9-12-5-1-2-6-14(12)19-13/h1-2,5-6,13,15,18H,3-4,7-11,17H2. The van der Waals surface area contributed by atoms with Crippen LogP contribution in [0.4, 0.5) is 0 Å². The lowest BCUT2D eigenvalue weighted by Crippen LogP contribution is -2.46. The molecule has 2 aliphatic rings. The van der Waals surface area contributed by atoms with Crippen LogP contribution in [-0.2, 0) is 6.42 Å². The fraction of sp³-hybridized carbons (Fsp3) is 0.625. The topological polar surface area (TPSA) is 55.5 Å². The Kier molecular flexibility index (Phi) is 3.50. The van der Waals surface area contributed by atoms with Gasteiger partial charge < -0.3 is 15.6 Å². The number of aliphatic hydroxyl groups is 1. The molecule has 1 fully saturated rings. The first-order valence-corrected chi connectivity index (χ1v) is 7.36. The van der Waals surface area contributed by atoms with Gasteiger partial charge in [-0.3, -0.25) is 0 Å². The van der Waals surface area contributed by atoms with E-state index >= 15 is 0 Å². The molecular weight excluding hydrogens is 238 g/mol. The number of benzene rings is 1. The number of aliphatic hydroxyl groups excluding tert-OH is 1. The highest BCUT2D eigenvalue weighted by atomic mass is 16.5. The van der Waals surface area contributed by atoms with Crippen LogP contribution in [0.15, 0.2) is 24.3 Å². The molecule has 1 aromatic rings. The number of rotatable bonds is 3. The predicted molar refractivity (Wildman–Crippen MR) is 75.1 cm³/mol. The highest BCUT2D eigenvalue weighted by Crippen LogP contribution is 2.42. The van der Waals surface area contributed by atoms with Gasteiger partial charge in [0.2, 0.25) is 0 Å². The van der Waals surface area contributed by atoms with E-state index in [0.29, 0.717) is 6.54 Å². The van der Waals surface area contributed by atoms with Crippen molar-refractivity contribution in [2.75, 3.05) is 6.54 Å². The number of hydrogen-bond donors (Lipinski definition) is 2. The smallest absolute Gasteiger partial charge is 0.123 e. The minimum absolute atomic E-state index is 0.134.